The largest absolute Gasteiger partial charge is 0.400 e. The van der Waals surface area contributed by atoms with Gasteiger partial charge in [0.15, 0.2) is 24.0 Å². The number of anilines is 1. The summed E-state index contributed by atoms with van der Waals surface area (Å²) < 4.78 is 23.6. The SMILES string of the molecule is CC(C)(O)O[C@@H]1C[C@H]2OC(C)(C)O[C@H]2C(C(=O)NCCc2ccc(N/C=C(\N)CN(Cc3ccccn3)Cc3ccccn3)cc2)O1.N.[HH]. The van der Waals surface area contributed by atoms with Crippen molar-refractivity contribution in [2.45, 2.75) is 89.8 Å². The molecule has 48 heavy (non-hydrogen) atoms. The number of pyridine rings is 2. The first kappa shape index (κ1) is 36.9. The highest BCUT2D eigenvalue weighted by molar-refractivity contribution is 5.81. The van der Waals surface area contributed by atoms with Crippen molar-refractivity contribution >= 4 is 11.6 Å². The highest BCUT2D eigenvalue weighted by Crippen LogP contribution is 2.38. The number of aromatic nitrogens is 2. The number of hydrogen-bond acceptors (Lipinski definition) is 12. The molecule has 2 fully saturated rings. The Kier molecular flexibility index (Phi) is 12.6. The highest BCUT2D eigenvalue weighted by Gasteiger charge is 2.53. The van der Waals surface area contributed by atoms with Gasteiger partial charge < -0.3 is 46.6 Å². The zero-order chi connectivity index (χ0) is 33.4. The molecule has 2 saturated heterocycles. The molecule has 13 heteroatoms. The Morgan fingerprint density at radius 2 is 1.73 bits per heavy atom. The number of rotatable bonds is 14. The van der Waals surface area contributed by atoms with Crippen molar-refractivity contribution in [2.24, 2.45) is 5.73 Å². The minimum absolute atomic E-state index is 0. The Balaban J connectivity index is 0.00000325. The first-order chi connectivity index (χ1) is 22.4. The van der Waals surface area contributed by atoms with Gasteiger partial charge in [-0.1, -0.05) is 24.3 Å². The lowest BCUT2D eigenvalue weighted by Gasteiger charge is -2.37. The first-order valence-corrected chi connectivity index (χ1v) is 15.9. The summed E-state index contributed by atoms with van der Waals surface area (Å²) in [6, 6.07) is 19.7. The number of aliphatic hydroxyl groups is 1. The maximum absolute atomic E-state index is 13.2. The fraction of sp³-hybridized carbons (Fsp3) is 0.457. The minimum atomic E-state index is -1.42. The quantitative estimate of drug-likeness (QED) is 0.157. The molecule has 4 atom stereocenters. The number of fused-ring (bicyclic) bond motifs is 1. The van der Waals surface area contributed by atoms with Gasteiger partial charge in [0.1, 0.15) is 6.10 Å². The number of benzene rings is 1. The van der Waals surface area contributed by atoms with E-state index < -0.39 is 36.2 Å². The van der Waals surface area contributed by atoms with Crippen LogP contribution in [-0.2, 0) is 43.3 Å². The summed E-state index contributed by atoms with van der Waals surface area (Å²) in [4.78, 5) is 24.3. The lowest BCUT2D eigenvalue weighted by atomic mass is 10.0. The Morgan fingerprint density at radius 1 is 1.08 bits per heavy atom. The fourth-order valence-electron chi connectivity index (χ4n) is 5.68. The third-order valence-electron chi connectivity index (χ3n) is 7.64. The summed E-state index contributed by atoms with van der Waals surface area (Å²) >= 11 is 0. The summed E-state index contributed by atoms with van der Waals surface area (Å²) in [5.74, 6) is -2.59. The lowest BCUT2D eigenvalue weighted by molar-refractivity contribution is -0.307. The van der Waals surface area contributed by atoms with Crippen LogP contribution < -0.4 is 22.5 Å². The van der Waals surface area contributed by atoms with Crippen molar-refractivity contribution in [1.29, 1.82) is 0 Å². The lowest BCUT2D eigenvalue weighted by Crippen LogP contribution is -2.55. The van der Waals surface area contributed by atoms with E-state index in [0.717, 1.165) is 22.6 Å². The van der Waals surface area contributed by atoms with E-state index in [4.69, 9.17) is 24.7 Å². The molecule has 3 aromatic rings. The Bertz CT molecular complexity index is 1430. The monoisotopic (exact) mass is 665 g/mol. The third-order valence-corrected chi connectivity index (χ3v) is 7.64. The van der Waals surface area contributed by atoms with Crippen molar-refractivity contribution < 1.29 is 30.3 Å². The normalized spacial score (nSPS) is 22.1. The van der Waals surface area contributed by atoms with Crippen LogP contribution in [0.2, 0.25) is 0 Å². The maximum Gasteiger partial charge on any atom is 0.252 e. The number of nitrogens with two attached hydrogens (primary N) is 1. The van der Waals surface area contributed by atoms with E-state index in [2.05, 4.69) is 25.5 Å². The summed E-state index contributed by atoms with van der Waals surface area (Å²) in [5.41, 5.74) is 11.0. The van der Waals surface area contributed by atoms with E-state index in [1.807, 2.05) is 66.9 Å². The van der Waals surface area contributed by atoms with Gasteiger partial charge in [0.25, 0.3) is 5.91 Å². The van der Waals surface area contributed by atoms with E-state index in [1.165, 1.54) is 13.8 Å². The number of carbonyl (C=O) groups excluding carboxylic acids is 1. The van der Waals surface area contributed by atoms with Crippen molar-refractivity contribution in [1.82, 2.24) is 26.3 Å². The van der Waals surface area contributed by atoms with Crippen LogP contribution in [-0.4, -0.2) is 75.1 Å². The average Bonchev–Trinajstić information content (AvgIpc) is 3.34. The van der Waals surface area contributed by atoms with Gasteiger partial charge in [-0.15, -0.1) is 0 Å². The molecule has 1 amide bonds. The molecule has 5 rings (SSSR count). The van der Waals surface area contributed by atoms with Crippen molar-refractivity contribution in [3.8, 4) is 0 Å². The Labute approximate surface area is 283 Å². The predicted octanol–water partition coefficient (Wildman–Crippen LogP) is 3.84. The molecule has 13 nitrogen and oxygen atoms in total. The van der Waals surface area contributed by atoms with Crippen LogP contribution in [0.15, 0.2) is 85.0 Å². The van der Waals surface area contributed by atoms with E-state index in [0.29, 0.717) is 44.7 Å². The summed E-state index contributed by atoms with van der Waals surface area (Å²) in [5, 5.41) is 16.4. The number of nitrogens with zero attached hydrogens (tertiary/aromatic N) is 3. The predicted molar refractivity (Wildman–Crippen MR) is 183 cm³/mol. The molecule has 1 unspecified atom stereocenters. The molecule has 2 aliphatic rings. The topological polar surface area (TPSA) is 188 Å². The zero-order valence-electron chi connectivity index (χ0n) is 28.2. The van der Waals surface area contributed by atoms with Crippen molar-refractivity contribution in [3.63, 3.8) is 0 Å². The molecular weight excluding hydrogens is 614 g/mol. The Hall–Kier alpha value is -3.95. The van der Waals surface area contributed by atoms with Crippen LogP contribution in [0, 0.1) is 0 Å². The zero-order valence-corrected chi connectivity index (χ0v) is 28.2. The van der Waals surface area contributed by atoms with Gasteiger partial charge in [-0.05, 0) is 76.1 Å². The van der Waals surface area contributed by atoms with Crippen LogP contribution in [0.4, 0.5) is 5.69 Å². The van der Waals surface area contributed by atoms with Crippen LogP contribution >= 0.6 is 0 Å². The maximum atomic E-state index is 13.2. The number of carbonyl (C=O) groups is 1. The summed E-state index contributed by atoms with van der Waals surface area (Å²) in [6.07, 6.45) is 3.64. The van der Waals surface area contributed by atoms with Gasteiger partial charge in [-0.2, -0.15) is 0 Å². The third kappa shape index (κ3) is 11.1. The molecule has 0 aliphatic carbocycles. The molecule has 2 aromatic heterocycles. The van der Waals surface area contributed by atoms with Gasteiger partial charge in [0.2, 0.25) is 0 Å². The molecule has 0 radical (unpaired) electrons. The molecule has 0 spiro atoms. The van der Waals surface area contributed by atoms with Crippen LogP contribution in [0.3, 0.4) is 0 Å². The standard InChI is InChI=1S/C35H46N6O6.H3N.H2/c1-34(2,43)46-30-19-29-31(47-35(3,4)45-29)32(44-30)33(42)39-18-15-24-11-13-26(14-12-24)40-20-25(36)21-41(22-27-9-5-7-16-37-27)23-28-10-6-8-17-38-28;;/h5-14,16-17,20,29-32,40,43H,15,18-19,21-23,36H2,1-4H3,(H,39,42);1H3;1H/b25-20-;;/t29-,30-,31-,32?;;/m1../s1. The number of hydrogen-bond donors (Lipinski definition) is 5. The van der Waals surface area contributed by atoms with Gasteiger partial charge in [0.05, 0.1) is 17.5 Å². The van der Waals surface area contributed by atoms with E-state index >= 15 is 0 Å². The number of ether oxygens (including phenoxy) is 4. The van der Waals surface area contributed by atoms with Gasteiger partial charge >= 0.3 is 0 Å². The first-order valence-electron chi connectivity index (χ1n) is 15.9. The van der Waals surface area contributed by atoms with Crippen molar-refractivity contribution in [3.05, 3.63) is 102 Å². The molecule has 0 saturated carbocycles. The molecule has 2 aliphatic heterocycles. The van der Waals surface area contributed by atoms with E-state index in [1.54, 1.807) is 26.2 Å². The fourth-order valence-corrected chi connectivity index (χ4v) is 5.68. The summed E-state index contributed by atoms with van der Waals surface area (Å²) in [6.45, 7) is 8.85. The molecule has 1 aromatic carbocycles. The van der Waals surface area contributed by atoms with Gasteiger partial charge in [-0.25, -0.2) is 0 Å². The van der Waals surface area contributed by atoms with E-state index in [-0.39, 0.29) is 13.5 Å². The van der Waals surface area contributed by atoms with E-state index in [9.17, 15) is 9.90 Å². The second-order valence-electron chi connectivity index (χ2n) is 12.8. The molecule has 4 heterocycles. The average molecular weight is 666 g/mol. The highest BCUT2D eigenvalue weighted by atomic mass is 16.8. The van der Waals surface area contributed by atoms with Gasteiger partial charge in [0, 0.05) is 64.0 Å². The van der Waals surface area contributed by atoms with Crippen LogP contribution in [0.1, 0.15) is 52.5 Å². The number of nitrogens with one attached hydrogen (secondary N) is 2. The molecule has 0 bridgehead atoms. The second-order valence-corrected chi connectivity index (χ2v) is 12.8. The second kappa shape index (κ2) is 16.4. The van der Waals surface area contributed by atoms with Crippen molar-refractivity contribution in [2.75, 3.05) is 18.4 Å². The summed E-state index contributed by atoms with van der Waals surface area (Å²) in [7, 11) is 0. The smallest absolute Gasteiger partial charge is 0.252 e. The number of amides is 1. The Morgan fingerprint density at radius 3 is 2.31 bits per heavy atom. The molecule has 8 N–H and O–H groups in total. The molecule has 262 valence electrons. The molecular formula is C35H51N7O6. The minimum Gasteiger partial charge on any atom is -0.400 e. The van der Waals surface area contributed by atoms with Crippen LogP contribution in [0.5, 0.6) is 0 Å². The van der Waals surface area contributed by atoms with Crippen LogP contribution in [0.25, 0.3) is 0 Å². The van der Waals surface area contributed by atoms with Gasteiger partial charge in [-0.3, -0.25) is 19.7 Å².